The Morgan fingerprint density at radius 3 is 2.26 bits per heavy atom. The molecule has 2 aromatic carbocycles. The van der Waals surface area contributed by atoms with Gasteiger partial charge in [0.25, 0.3) is 5.91 Å². The van der Waals surface area contributed by atoms with Crippen LogP contribution in [-0.2, 0) is 11.2 Å². The molecule has 2 N–H and O–H groups in total. The maximum absolute atomic E-state index is 11.9. The maximum atomic E-state index is 11.9. The molecule has 0 aliphatic heterocycles. The Bertz CT molecular complexity index is 672. The minimum Gasteiger partial charge on any atom is -0.354 e. The first kappa shape index (κ1) is 17.5. The van der Waals surface area contributed by atoms with Crippen molar-refractivity contribution < 1.29 is 9.59 Å². The predicted molar refractivity (Wildman–Crippen MR) is 94.6 cm³/mol. The Kier molecular flexibility index (Phi) is 6.62. The summed E-state index contributed by atoms with van der Waals surface area (Å²) in [6.07, 6.45) is 0.712. The number of nitrogens with one attached hydrogen (secondary N) is 2. The van der Waals surface area contributed by atoms with Gasteiger partial charge in [-0.3, -0.25) is 9.59 Å². The van der Waals surface area contributed by atoms with Gasteiger partial charge >= 0.3 is 0 Å². The zero-order valence-corrected chi connectivity index (χ0v) is 14.7. The molecular formula is C17H16BrClN2O2. The second-order valence-corrected chi connectivity index (χ2v) is 6.27. The maximum Gasteiger partial charge on any atom is 0.251 e. The van der Waals surface area contributed by atoms with Gasteiger partial charge < -0.3 is 10.6 Å². The van der Waals surface area contributed by atoms with E-state index in [4.69, 9.17) is 11.6 Å². The molecule has 0 aromatic heterocycles. The van der Waals surface area contributed by atoms with Gasteiger partial charge in [-0.25, -0.2) is 0 Å². The molecule has 0 bridgehead atoms. The minimum absolute atomic E-state index is 0.0461. The lowest BCUT2D eigenvalue weighted by Crippen LogP contribution is -2.37. The second kappa shape index (κ2) is 8.70. The molecule has 0 atom stereocenters. The Balaban J connectivity index is 1.69. The first-order valence-corrected chi connectivity index (χ1v) is 8.26. The van der Waals surface area contributed by atoms with Gasteiger partial charge in [0.2, 0.25) is 5.91 Å². The lowest BCUT2D eigenvalue weighted by Gasteiger charge is -2.07. The molecule has 6 heteroatoms. The monoisotopic (exact) mass is 394 g/mol. The van der Waals surface area contributed by atoms with Crippen LogP contribution in [0.5, 0.6) is 0 Å². The summed E-state index contributed by atoms with van der Waals surface area (Å²) in [6, 6.07) is 14.4. The van der Waals surface area contributed by atoms with Crippen molar-refractivity contribution in [3.8, 4) is 0 Å². The van der Waals surface area contributed by atoms with E-state index in [1.54, 1.807) is 24.3 Å². The van der Waals surface area contributed by atoms with Crippen LogP contribution >= 0.6 is 27.5 Å². The lowest BCUT2D eigenvalue weighted by atomic mass is 10.1. The van der Waals surface area contributed by atoms with Crippen molar-refractivity contribution in [2.75, 3.05) is 13.1 Å². The smallest absolute Gasteiger partial charge is 0.251 e. The Labute approximate surface area is 148 Å². The highest BCUT2D eigenvalue weighted by Gasteiger charge is 2.07. The molecule has 2 amide bonds. The van der Waals surface area contributed by atoms with Gasteiger partial charge in [0.05, 0.1) is 6.54 Å². The van der Waals surface area contributed by atoms with Crippen LogP contribution in [0.4, 0.5) is 0 Å². The number of amides is 2. The van der Waals surface area contributed by atoms with E-state index in [-0.39, 0.29) is 18.4 Å². The van der Waals surface area contributed by atoms with E-state index >= 15 is 0 Å². The average Bonchev–Trinajstić information content (AvgIpc) is 2.55. The quantitative estimate of drug-likeness (QED) is 0.789. The molecular weight excluding hydrogens is 380 g/mol. The standard InChI is InChI=1S/C17H16BrClN2O2/c18-14-5-3-13(4-6-14)17(23)21-11-16(22)20-10-9-12-1-7-15(19)8-2-12/h1-8H,9-11H2,(H,20,22)(H,21,23). The fourth-order valence-electron chi connectivity index (χ4n) is 1.92. The van der Waals surface area contributed by atoms with Crippen LogP contribution in [0, 0.1) is 0 Å². The molecule has 0 heterocycles. The van der Waals surface area contributed by atoms with Crippen LogP contribution in [0.1, 0.15) is 15.9 Å². The first-order valence-electron chi connectivity index (χ1n) is 7.09. The number of halogens is 2. The van der Waals surface area contributed by atoms with Crippen LogP contribution in [-0.4, -0.2) is 24.9 Å². The van der Waals surface area contributed by atoms with Crippen molar-refractivity contribution in [3.63, 3.8) is 0 Å². The number of hydrogen-bond acceptors (Lipinski definition) is 2. The molecule has 2 rings (SSSR count). The van der Waals surface area contributed by atoms with E-state index in [2.05, 4.69) is 26.6 Å². The summed E-state index contributed by atoms with van der Waals surface area (Å²) in [5.74, 6) is -0.491. The number of carbonyl (C=O) groups is 2. The van der Waals surface area contributed by atoms with E-state index in [0.29, 0.717) is 23.6 Å². The van der Waals surface area contributed by atoms with Crippen LogP contribution in [0.25, 0.3) is 0 Å². The second-order valence-electron chi connectivity index (χ2n) is 4.92. The summed E-state index contributed by atoms with van der Waals surface area (Å²) < 4.78 is 0.897. The molecule has 0 aliphatic carbocycles. The van der Waals surface area contributed by atoms with Crippen LogP contribution in [0.3, 0.4) is 0 Å². The highest BCUT2D eigenvalue weighted by Crippen LogP contribution is 2.10. The molecule has 0 saturated heterocycles. The van der Waals surface area contributed by atoms with E-state index in [0.717, 1.165) is 10.0 Å². The van der Waals surface area contributed by atoms with Gasteiger partial charge in [-0.1, -0.05) is 39.7 Å². The number of hydrogen-bond donors (Lipinski definition) is 2. The first-order chi connectivity index (χ1) is 11.0. The zero-order valence-electron chi connectivity index (χ0n) is 12.3. The van der Waals surface area contributed by atoms with Gasteiger partial charge in [-0.15, -0.1) is 0 Å². The molecule has 0 aliphatic rings. The molecule has 23 heavy (non-hydrogen) atoms. The molecule has 0 unspecified atom stereocenters. The van der Waals surface area contributed by atoms with Gasteiger partial charge in [-0.05, 0) is 48.4 Å². The summed E-state index contributed by atoms with van der Waals surface area (Å²) in [5.41, 5.74) is 1.61. The van der Waals surface area contributed by atoms with Crippen LogP contribution < -0.4 is 10.6 Å². The molecule has 0 fully saturated rings. The highest BCUT2D eigenvalue weighted by molar-refractivity contribution is 9.10. The Morgan fingerprint density at radius 1 is 0.957 bits per heavy atom. The van der Waals surface area contributed by atoms with Crippen molar-refractivity contribution in [2.24, 2.45) is 0 Å². The van der Waals surface area contributed by atoms with Crippen molar-refractivity contribution >= 4 is 39.3 Å². The molecule has 2 aromatic rings. The largest absolute Gasteiger partial charge is 0.354 e. The predicted octanol–water partition coefficient (Wildman–Crippen LogP) is 3.19. The Morgan fingerprint density at radius 2 is 1.61 bits per heavy atom. The molecule has 4 nitrogen and oxygen atoms in total. The number of carbonyl (C=O) groups excluding carboxylic acids is 2. The van der Waals surface area contributed by atoms with Gasteiger partial charge in [-0.2, -0.15) is 0 Å². The third-order valence-corrected chi connectivity index (χ3v) is 3.95. The minimum atomic E-state index is -0.273. The topological polar surface area (TPSA) is 58.2 Å². The summed E-state index contributed by atoms with van der Waals surface area (Å²) >= 11 is 9.12. The zero-order chi connectivity index (χ0) is 16.7. The van der Waals surface area contributed by atoms with Gasteiger partial charge in [0.1, 0.15) is 0 Å². The van der Waals surface area contributed by atoms with Crippen LogP contribution in [0.15, 0.2) is 53.0 Å². The van der Waals surface area contributed by atoms with Gasteiger partial charge in [0.15, 0.2) is 0 Å². The highest BCUT2D eigenvalue weighted by atomic mass is 79.9. The normalized spacial score (nSPS) is 10.2. The van der Waals surface area contributed by atoms with Gasteiger partial charge in [0, 0.05) is 21.6 Å². The van der Waals surface area contributed by atoms with Crippen LogP contribution in [0.2, 0.25) is 5.02 Å². The van der Waals surface area contributed by atoms with E-state index in [1.807, 2.05) is 24.3 Å². The van der Waals surface area contributed by atoms with E-state index in [9.17, 15) is 9.59 Å². The third kappa shape index (κ3) is 6.04. The molecule has 120 valence electrons. The van der Waals surface area contributed by atoms with E-state index in [1.165, 1.54) is 0 Å². The van der Waals surface area contributed by atoms with E-state index < -0.39 is 0 Å². The summed E-state index contributed by atoms with van der Waals surface area (Å²) in [4.78, 5) is 23.6. The lowest BCUT2D eigenvalue weighted by molar-refractivity contribution is -0.120. The fourth-order valence-corrected chi connectivity index (χ4v) is 2.31. The average molecular weight is 396 g/mol. The SMILES string of the molecule is O=C(CNC(=O)c1ccc(Br)cc1)NCCc1ccc(Cl)cc1. The molecule has 0 spiro atoms. The fraction of sp³-hybridized carbons (Fsp3) is 0.176. The van der Waals surface area contributed by atoms with Crippen molar-refractivity contribution in [2.45, 2.75) is 6.42 Å². The number of rotatable bonds is 6. The summed E-state index contributed by atoms with van der Waals surface area (Å²) in [7, 11) is 0. The van der Waals surface area contributed by atoms with Crippen molar-refractivity contribution in [1.82, 2.24) is 10.6 Å². The van der Waals surface area contributed by atoms with Crippen molar-refractivity contribution in [3.05, 3.63) is 69.2 Å². The summed E-state index contributed by atoms with van der Waals surface area (Å²) in [6.45, 7) is 0.462. The van der Waals surface area contributed by atoms with Crippen molar-refractivity contribution in [1.29, 1.82) is 0 Å². The Hall–Kier alpha value is -1.85. The summed E-state index contributed by atoms with van der Waals surface area (Å²) in [5, 5.41) is 6.05. The molecule has 0 saturated carbocycles. The molecule has 0 radical (unpaired) electrons. The third-order valence-electron chi connectivity index (χ3n) is 3.17. The number of benzene rings is 2.